The number of nitrogens with one attached hydrogen (secondary N) is 1. The number of hydrogen-bond donors (Lipinski definition) is 2. The van der Waals surface area contributed by atoms with E-state index in [2.05, 4.69) is 12.2 Å². The lowest BCUT2D eigenvalue weighted by Gasteiger charge is -2.28. The Labute approximate surface area is 97.0 Å². The van der Waals surface area contributed by atoms with Crippen molar-refractivity contribution in [2.45, 2.75) is 37.0 Å². The highest BCUT2D eigenvalue weighted by Crippen LogP contribution is 2.24. The highest BCUT2D eigenvalue weighted by atomic mass is 32.2. The minimum atomic E-state index is -0.113. The smallest absolute Gasteiger partial charge is 0.0610 e. The maximum atomic E-state index is 9.23. The molecule has 1 aliphatic rings. The lowest BCUT2D eigenvalue weighted by atomic mass is 10.0. The maximum Gasteiger partial charge on any atom is 0.0610 e. The van der Waals surface area contributed by atoms with Crippen LogP contribution in [0.1, 0.15) is 26.2 Å². The number of aliphatic hydroxyl groups is 1. The molecule has 3 nitrogen and oxygen atoms in total. The van der Waals surface area contributed by atoms with Gasteiger partial charge in [0.2, 0.25) is 0 Å². The Kier molecular flexibility index (Phi) is 5.97. The molecule has 15 heavy (non-hydrogen) atoms. The zero-order valence-electron chi connectivity index (χ0n) is 9.79. The minimum absolute atomic E-state index is 0.113. The van der Waals surface area contributed by atoms with Gasteiger partial charge in [-0.05, 0) is 39.0 Å². The average Bonchev–Trinajstić information content (AvgIpc) is 2.30. The summed E-state index contributed by atoms with van der Waals surface area (Å²) in [4.78, 5) is 0. The fourth-order valence-electron chi connectivity index (χ4n) is 1.58. The Morgan fingerprint density at radius 1 is 1.47 bits per heavy atom. The second kappa shape index (κ2) is 6.74. The highest BCUT2D eigenvalue weighted by molar-refractivity contribution is 7.99. The summed E-state index contributed by atoms with van der Waals surface area (Å²) in [6.07, 6.45) is 3.38. The molecule has 0 spiro atoms. The van der Waals surface area contributed by atoms with E-state index >= 15 is 0 Å². The van der Waals surface area contributed by atoms with E-state index in [0.717, 1.165) is 30.6 Å². The molecule has 0 bridgehead atoms. The molecule has 0 amide bonds. The number of ether oxygens (including phenoxy) is 1. The molecule has 1 unspecified atom stereocenters. The van der Waals surface area contributed by atoms with Gasteiger partial charge >= 0.3 is 0 Å². The van der Waals surface area contributed by atoms with Gasteiger partial charge in [0, 0.05) is 24.0 Å². The molecule has 0 aromatic carbocycles. The van der Waals surface area contributed by atoms with Crippen LogP contribution in [0.4, 0.5) is 0 Å². The first-order chi connectivity index (χ1) is 7.20. The van der Waals surface area contributed by atoms with Crippen LogP contribution in [-0.4, -0.2) is 48.5 Å². The Hall–Kier alpha value is 0.230. The molecule has 90 valence electrons. The van der Waals surface area contributed by atoms with Gasteiger partial charge in [0.05, 0.1) is 6.61 Å². The summed E-state index contributed by atoms with van der Waals surface area (Å²) >= 11 is 2.02. The lowest BCUT2D eigenvalue weighted by Crippen LogP contribution is -2.43. The van der Waals surface area contributed by atoms with E-state index in [1.807, 2.05) is 18.8 Å². The second-order valence-corrected chi connectivity index (χ2v) is 5.81. The van der Waals surface area contributed by atoms with Crippen molar-refractivity contribution in [3.63, 3.8) is 0 Å². The first-order valence-corrected chi connectivity index (χ1v) is 6.74. The molecule has 1 heterocycles. The molecule has 1 rings (SSSR count). The van der Waals surface area contributed by atoms with E-state index in [1.165, 1.54) is 12.8 Å². The Bertz CT molecular complexity index is 168. The molecule has 1 fully saturated rings. The van der Waals surface area contributed by atoms with Crippen molar-refractivity contribution in [1.82, 2.24) is 5.32 Å². The normalized spacial score (nSPS) is 22.6. The molecule has 1 atom stereocenters. The number of hydrogen-bond acceptors (Lipinski definition) is 4. The molecule has 1 saturated heterocycles. The predicted octanol–water partition coefficient (Wildman–Crippen LogP) is 1.26. The molecular formula is C11H23NO2S. The molecular weight excluding hydrogens is 210 g/mol. The van der Waals surface area contributed by atoms with Gasteiger partial charge in [0.25, 0.3) is 0 Å². The molecule has 4 heteroatoms. The molecule has 0 aliphatic carbocycles. The van der Waals surface area contributed by atoms with E-state index in [1.54, 1.807) is 0 Å². The molecule has 0 saturated carbocycles. The van der Waals surface area contributed by atoms with Crippen LogP contribution in [0, 0.1) is 0 Å². The van der Waals surface area contributed by atoms with Crippen LogP contribution in [0.25, 0.3) is 0 Å². The summed E-state index contributed by atoms with van der Waals surface area (Å²) in [6.45, 7) is 4.11. The Morgan fingerprint density at radius 3 is 2.67 bits per heavy atom. The Balaban J connectivity index is 2.14. The summed E-state index contributed by atoms with van der Waals surface area (Å²) in [5.41, 5.74) is -0.113. The molecule has 2 N–H and O–H groups in total. The third-order valence-electron chi connectivity index (χ3n) is 3.13. The van der Waals surface area contributed by atoms with Gasteiger partial charge in [-0.15, -0.1) is 0 Å². The minimum Gasteiger partial charge on any atom is -0.394 e. The fraction of sp³-hybridized carbons (Fsp3) is 1.00. The maximum absolute atomic E-state index is 9.23. The van der Waals surface area contributed by atoms with Gasteiger partial charge in [-0.2, -0.15) is 11.8 Å². The van der Waals surface area contributed by atoms with Crippen molar-refractivity contribution in [3.8, 4) is 0 Å². The number of thioether (sulfide) groups is 1. The molecule has 0 radical (unpaired) electrons. The van der Waals surface area contributed by atoms with Gasteiger partial charge in [0.15, 0.2) is 0 Å². The lowest BCUT2D eigenvalue weighted by molar-refractivity contribution is 0.0999. The van der Waals surface area contributed by atoms with Crippen molar-refractivity contribution in [1.29, 1.82) is 0 Å². The van der Waals surface area contributed by atoms with Crippen LogP contribution in [0.3, 0.4) is 0 Å². The van der Waals surface area contributed by atoms with Crippen LogP contribution in [0.2, 0.25) is 0 Å². The first kappa shape index (κ1) is 13.3. The zero-order valence-corrected chi connectivity index (χ0v) is 10.6. The van der Waals surface area contributed by atoms with Gasteiger partial charge < -0.3 is 15.2 Å². The van der Waals surface area contributed by atoms with Gasteiger partial charge in [-0.3, -0.25) is 0 Å². The van der Waals surface area contributed by atoms with Crippen LogP contribution in [-0.2, 0) is 4.74 Å². The fourth-order valence-corrected chi connectivity index (χ4v) is 3.00. The number of rotatable bonds is 6. The quantitative estimate of drug-likeness (QED) is 0.725. The summed E-state index contributed by atoms with van der Waals surface area (Å²) in [5, 5.41) is 13.2. The number of likely N-dealkylation sites (N-methyl/N-ethyl adjacent to an activating group) is 1. The van der Waals surface area contributed by atoms with Gasteiger partial charge in [-0.1, -0.05) is 0 Å². The summed E-state index contributed by atoms with van der Waals surface area (Å²) in [5.74, 6) is 1.11. The topological polar surface area (TPSA) is 41.5 Å². The van der Waals surface area contributed by atoms with Crippen molar-refractivity contribution >= 4 is 11.8 Å². The van der Waals surface area contributed by atoms with E-state index in [4.69, 9.17) is 4.74 Å². The van der Waals surface area contributed by atoms with Crippen molar-refractivity contribution in [3.05, 3.63) is 0 Å². The van der Waals surface area contributed by atoms with Gasteiger partial charge in [-0.25, -0.2) is 0 Å². The number of aliphatic hydroxyl groups excluding tert-OH is 1. The summed E-state index contributed by atoms with van der Waals surface area (Å²) in [7, 11) is 1.91. The van der Waals surface area contributed by atoms with Crippen LogP contribution in [0.5, 0.6) is 0 Å². The van der Waals surface area contributed by atoms with E-state index in [-0.39, 0.29) is 12.1 Å². The summed E-state index contributed by atoms with van der Waals surface area (Å²) < 4.78 is 5.32. The van der Waals surface area contributed by atoms with Crippen molar-refractivity contribution in [2.75, 3.05) is 32.6 Å². The van der Waals surface area contributed by atoms with Crippen molar-refractivity contribution in [2.24, 2.45) is 0 Å². The zero-order chi connectivity index (χ0) is 11.1. The third kappa shape index (κ3) is 4.72. The largest absolute Gasteiger partial charge is 0.394 e. The van der Waals surface area contributed by atoms with E-state index < -0.39 is 0 Å². The predicted molar refractivity (Wildman–Crippen MR) is 65.5 cm³/mol. The van der Waals surface area contributed by atoms with E-state index in [9.17, 15) is 5.11 Å². The molecule has 0 aromatic heterocycles. The average molecular weight is 233 g/mol. The van der Waals surface area contributed by atoms with E-state index in [0.29, 0.717) is 0 Å². The Morgan fingerprint density at radius 2 is 2.13 bits per heavy atom. The SMILES string of the molecule is CNC(C)(CO)CCSC1CCOCC1. The van der Waals surface area contributed by atoms with Crippen LogP contribution < -0.4 is 5.32 Å². The summed E-state index contributed by atoms with van der Waals surface area (Å²) in [6, 6.07) is 0. The first-order valence-electron chi connectivity index (χ1n) is 5.69. The van der Waals surface area contributed by atoms with Crippen LogP contribution >= 0.6 is 11.8 Å². The van der Waals surface area contributed by atoms with Crippen LogP contribution in [0.15, 0.2) is 0 Å². The third-order valence-corrected chi connectivity index (χ3v) is 4.51. The molecule has 0 aromatic rings. The second-order valence-electron chi connectivity index (χ2n) is 4.40. The van der Waals surface area contributed by atoms with Gasteiger partial charge in [0.1, 0.15) is 0 Å². The monoisotopic (exact) mass is 233 g/mol. The molecule has 1 aliphatic heterocycles. The standard InChI is InChI=1S/C11H23NO2S/c1-11(9-13,12-2)5-8-15-10-3-6-14-7-4-10/h10,12-13H,3-9H2,1-2H3. The highest BCUT2D eigenvalue weighted by Gasteiger charge is 2.21. The van der Waals surface area contributed by atoms with Crippen molar-refractivity contribution < 1.29 is 9.84 Å².